The maximum absolute atomic E-state index is 13.9. The van der Waals surface area contributed by atoms with Gasteiger partial charge < -0.3 is 20.9 Å². The molecule has 0 unspecified atom stereocenters. The summed E-state index contributed by atoms with van der Waals surface area (Å²) >= 11 is 0. The summed E-state index contributed by atoms with van der Waals surface area (Å²) in [6.07, 6.45) is 5.24. The van der Waals surface area contributed by atoms with Crippen molar-refractivity contribution >= 4 is 23.0 Å². The number of carbonyl (C=O) groups is 1. The number of urea groups is 1. The van der Waals surface area contributed by atoms with Crippen LogP contribution in [0.4, 0.5) is 10.7 Å². The molecule has 37 heavy (non-hydrogen) atoms. The van der Waals surface area contributed by atoms with Crippen molar-refractivity contribution in [3.05, 3.63) is 52.4 Å². The molecule has 0 spiro atoms. The zero-order chi connectivity index (χ0) is 25.9. The first-order valence-electron chi connectivity index (χ1n) is 13.4. The Hall–Kier alpha value is -3.46. The number of benzene rings is 1. The lowest BCUT2D eigenvalue weighted by Crippen LogP contribution is -2.48. The van der Waals surface area contributed by atoms with Crippen LogP contribution in [-0.4, -0.2) is 63.7 Å². The SMILES string of the molecule is Cc1ccccc1-c1cc2cnc(NC3CCN(C(=O)NC(C)C)CC3)nc2n(C2CCNCC2)c1=O. The number of nitrogens with zero attached hydrogens (tertiary/aromatic N) is 4. The van der Waals surface area contributed by atoms with Crippen molar-refractivity contribution in [2.75, 3.05) is 31.5 Å². The summed E-state index contributed by atoms with van der Waals surface area (Å²) in [5, 5.41) is 10.7. The predicted octanol–water partition coefficient (Wildman–Crippen LogP) is 3.69. The molecule has 196 valence electrons. The quantitative estimate of drug-likeness (QED) is 0.491. The number of carbonyl (C=O) groups excluding carboxylic acids is 1. The Balaban J connectivity index is 1.44. The number of aromatic nitrogens is 3. The van der Waals surface area contributed by atoms with Crippen molar-refractivity contribution in [1.82, 2.24) is 30.1 Å². The maximum atomic E-state index is 13.9. The molecular weight excluding hydrogens is 466 g/mol. The number of nitrogens with one attached hydrogen (secondary N) is 3. The topological polar surface area (TPSA) is 104 Å². The Morgan fingerprint density at radius 1 is 1.08 bits per heavy atom. The van der Waals surface area contributed by atoms with Gasteiger partial charge in [0.2, 0.25) is 5.95 Å². The Morgan fingerprint density at radius 3 is 2.51 bits per heavy atom. The van der Waals surface area contributed by atoms with Crippen LogP contribution in [0.1, 0.15) is 51.1 Å². The highest BCUT2D eigenvalue weighted by Crippen LogP contribution is 2.28. The van der Waals surface area contributed by atoms with Crippen LogP contribution in [0.25, 0.3) is 22.2 Å². The fraction of sp³-hybridized carbons (Fsp3) is 0.500. The molecule has 0 aliphatic carbocycles. The zero-order valence-corrected chi connectivity index (χ0v) is 22.0. The Bertz CT molecular complexity index is 1320. The number of pyridine rings is 1. The van der Waals surface area contributed by atoms with E-state index in [4.69, 9.17) is 4.98 Å². The van der Waals surface area contributed by atoms with Crippen molar-refractivity contribution in [3.63, 3.8) is 0 Å². The van der Waals surface area contributed by atoms with E-state index in [1.807, 2.05) is 66.8 Å². The molecule has 2 saturated heterocycles. The van der Waals surface area contributed by atoms with Gasteiger partial charge in [-0.1, -0.05) is 24.3 Å². The lowest BCUT2D eigenvalue weighted by atomic mass is 9.99. The van der Waals surface area contributed by atoms with Gasteiger partial charge in [0.15, 0.2) is 0 Å². The van der Waals surface area contributed by atoms with Crippen LogP contribution in [0.3, 0.4) is 0 Å². The van der Waals surface area contributed by atoms with Gasteiger partial charge in [-0.25, -0.2) is 9.78 Å². The number of piperidine rings is 2. The van der Waals surface area contributed by atoms with E-state index in [1.165, 1.54) is 0 Å². The number of hydrogen-bond acceptors (Lipinski definition) is 6. The molecule has 9 nitrogen and oxygen atoms in total. The van der Waals surface area contributed by atoms with Crippen LogP contribution in [0.15, 0.2) is 41.3 Å². The average molecular weight is 504 g/mol. The molecule has 0 atom stereocenters. The van der Waals surface area contributed by atoms with Gasteiger partial charge in [-0.2, -0.15) is 4.98 Å². The molecule has 3 N–H and O–H groups in total. The third-order valence-corrected chi connectivity index (χ3v) is 7.41. The van der Waals surface area contributed by atoms with E-state index in [1.54, 1.807) is 0 Å². The number of hydrogen-bond donors (Lipinski definition) is 3. The number of rotatable bonds is 5. The van der Waals surface area contributed by atoms with E-state index < -0.39 is 0 Å². The van der Waals surface area contributed by atoms with Crippen molar-refractivity contribution in [1.29, 1.82) is 0 Å². The van der Waals surface area contributed by atoms with Crippen LogP contribution in [-0.2, 0) is 0 Å². The molecule has 0 radical (unpaired) electrons. The lowest BCUT2D eigenvalue weighted by molar-refractivity contribution is 0.181. The van der Waals surface area contributed by atoms with E-state index in [2.05, 4.69) is 20.9 Å². The van der Waals surface area contributed by atoms with E-state index in [0.29, 0.717) is 30.2 Å². The molecule has 4 heterocycles. The van der Waals surface area contributed by atoms with Gasteiger partial charge in [-0.05, 0) is 76.7 Å². The van der Waals surface area contributed by atoms with E-state index >= 15 is 0 Å². The average Bonchev–Trinajstić information content (AvgIpc) is 2.89. The third kappa shape index (κ3) is 5.46. The summed E-state index contributed by atoms with van der Waals surface area (Å²) in [5.41, 5.74) is 3.40. The number of aryl methyl sites for hydroxylation is 1. The lowest BCUT2D eigenvalue weighted by Gasteiger charge is -2.33. The van der Waals surface area contributed by atoms with Crippen LogP contribution >= 0.6 is 0 Å². The number of fused-ring (bicyclic) bond motifs is 1. The first-order chi connectivity index (χ1) is 17.9. The first-order valence-corrected chi connectivity index (χ1v) is 13.4. The Labute approximate surface area is 217 Å². The summed E-state index contributed by atoms with van der Waals surface area (Å²) in [5.74, 6) is 0.531. The monoisotopic (exact) mass is 503 g/mol. The number of likely N-dealkylation sites (tertiary alicyclic amines) is 1. The van der Waals surface area contributed by atoms with Gasteiger partial charge >= 0.3 is 6.03 Å². The van der Waals surface area contributed by atoms with Crippen molar-refractivity contribution in [2.24, 2.45) is 0 Å². The first kappa shape index (κ1) is 25.2. The molecule has 2 fully saturated rings. The van der Waals surface area contributed by atoms with Crippen LogP contribution in [0, 0.1) is 6.92 Å². The van der Waals surface area contributed by atoms with Gasteiger partial charge in [0.25, 0.3) is 5.56 Å². The minimum atomic E-state index is -0.00847. The van der Waals surface area contributed by atoms with Crippen LogP contribution in [0.2, 0.25) is 0 Å². The molecular formula is C28H37N7O2. The van der Waals surface area contributed by atoms with Gasteiger partial charge in [0, 0.05) is 48.4 Å². The number of anilines is 1. The van der Waals surface area contributed by atoms with E-state index in [-0.39, 0.29) is 29.7 Å². The second-order valence-electron chi connectivity index (χ2n) is 10.5. The fourth-order valence-electron chi connectivity index (χ4n) is 5.41. The summed E-state index contributed by atoms with van der Waals surface area (Å²) in [6, 6.07) is 10.3. The van der Waals surface area contributed by atoms with Gasteiger partial charge in [0.05, 0.1) is 0 Å². The van der Waals surface area contributed by atoms with Crippen LogP contribution in [0.5, 0.6) is 0 Å². The molecule has 3 aromatic rings. The predicted molar refractivity (Wildman–Crippen MR) is 147 cm³/mol. The molecule has 0 bridgehead atoms. The molecule has 2 aromatic heterocycles. The Morgan fingerprint density at radius 2 is 1.81 bits per heavy atom. The smallest absolute Gasteiger partial charge is 0.317 e. The Kier molecular flexibility index (Phi) is 7.41. The standard InChI is InChI=1S/C28H37N7O2/c1-18(2)31-28(37)34-14-10-21(11-15-34)32-27-30-17-20-16-24(23-7-5-4-6-19(23)3)26(36)35(25(20)33-27)22-8-12-29-13-9-22/h4-7,16-18,21-22,29H,8-15H2,1-3H3,(H,31,37)(H,30,32,33). The zero-order valence-electron chi connectivity index (χ0n) is 22.0. The summed E-state index contributed by atoms with van der Waals surface area (Å²) in [4.78, 5) is 37.6. The highest BCUT2D eigenvalue weighted by atomic mass is 16.2. The molecule has 0 saturated carbocycles. The third-order valence-electron chi connectivity index (χ3n) is 7.41. The second-order valence-corrected chi connectivity index (χ2v) is 10.5. The molecule has 2 aliphatic heterocycles. The normalized spacial score (nSPS) is 17.4. The van der Waals surface area contributed by atoms with E-state index in [9.17, 15) is 9.59 Å². The fourth-order valence-corrected chi connectivity index (χ4v) is 5.41. The molecule has 5 rings (SSSR count). The van der Waals surface area contributed by atoms with Gasteiger partial charge in [-0.3, -0.25) is 9.36 Å². The van der Waals surface area contributed by atoms with Gasteiger partial charge in [-0.15, -0.1) is 0 Å². The van der Waals surface area contributed by atoms with Crippen molar-refractivity contribution in [2.45, 2.75) is 64.6 Å². The number of amides is 2. The van der Waals surface area contributed by atoms with Crippen molar-refractivity contribution < 1.29 is 4.79 Å². The summed E-state index contributed by atoms with van der Waals surface area (Å²) in [7, 11) is 0. The molecule has 2 aliphatic rings. The largest absolute Gasteiger partial charge is 0.351 e. The van der Waals surface area contributed by atoms with Gasteiger partial charge in [0.1, 0.15) is 5.65 Å². The van der Waals surface area contributed by atoms with Crippen molar-refractivity contribution in [3.8, 4) is 11.1 Å². The highest BCUT2D eigenvalue weighted by Gasteiger charge is 2.25. The molecule has 9 heteroatoms. The minimum absolute atomic E-state index is 0.00261. The summed E-state index contributed by atoms with van der Waals surface area (Å²) < 4.78 is 1.91. The molecule has 2 amide bonds. The minimum Gasteiger partial charge on any atom is -0.351 e. The van der Waals surface area contributed by atoms with E-state index in [0.717, 1.165) is 55.3 Å². The highest BCUT2D eigenvalue weighted by molar-refractivity contribution is 5.82. The second kappa shape index (κ2) is 10.9. The van der Waals surface area contributed by atoms with Crippen LogP contribution < -0.4 is 21.5 Å². The summed E-state index contributed by atoms with van der Waals surface area (Å²) in [6.45, 7) is 9.11. The maximum Gasteiger partial charge on any atom is 0.317 e. The molecule has 1 aromatic carbocycles.